The first kappa shape index (κ1) is 17.5. The number of nitrogens with zero attached hydrogens (tertiary/aromatic N) is 1. The van der Waals surface area contributed by atoms with Gasteiger partial charge in [-0.3, -0.25) is 4.79 Å². The van der Waals surface area contributed by atoms with E-state index in [9.17, 15) is 4.79 Å². The number of halogens is 1. The number of oxazole rings is 1. The van der Waals surface area contributed by atoms with Crippen LogP contribution in [0.5, 0.6) is 0 Å². The third-order valence-electron chi connectivity index (χ3n) is 4.77. The molecule has 4 nitrogen and oxygen atoms in total. The summed E-state index contributed by atoms with van der Waals surface area (Å²) in [6.45, 7) is 0. The predicted octanol–water partition coefficient (Wildman–Crippen LogP) is 6.55. The van der Waals surface area contributed by atoms with E-state index in [1.54, 1.807) is 24.3 Å². The molecule has 0 bridgehead atoms. The van der Waals surface area contributed by atoms with Crippen LogP contribution in [0, 0.1) is 0 Å². The minimum absolute atomic E-state index is 0.164. The quantitative estimate of drug-likeness (QED) is 0.374. The Morgan fingerprint density at radius 2 is 1.69 bits per heavy atom. The van der Waals surface area contributed by atoms with Crippen molar-refractivity contribution in [2.24, 2.45) is 0 Å². The van der Waals surface area contributed by atoms with E-state index in [-0.39, 0.29) is 5.91 Å². The number of rotatable bonds is 3. The van der Waals surface area contributed by atoms with E-state index in [2.05, 4.69) is 10.3 Å². The van der Waals surface area contributed by atoms with Crippen LogP contribution in [0.3, 0.4) is 0 Å². The second-order valence-corrected chi connectivity index (χ2v) is 7.13. The molecule has 0 unspecified atom stereocenters. The largest absolute Gasteiger partial charge is 0.436 e. The van der Waals surface area contributed by atoms with E-state index in [1.165, 1.54) is 0 Å². The standard InChI is InChI=1S/C24H15ClN2O2/c25-17-10-8-16(9-11-17)24-27-21-14-18(12-13-22(21)29-24)26-23(28)20-7-3-5-15-4-1-2-6-19(15)20/h1-14H,(H,26,28). The summed E-state index contributed by atoms with van der Waals surface area (Å²) in [4.78, 5) is 17.4. The zero-order valence-corrected chi connectivity index (χ0v) is 16.0. The van der Waals surface area contributed by atoms with Crippen molar-refractivity contribution in [2.75, 3.05) is 5.32 Å². The van der Waals surface area contributed by atoms with Gasteiger partial charge in [0.15, 0.2) is 5.58 Å². The zero-order chi connectivity index (χ0) is 19.8. The predicted molar refractivity (Wildman–Crippen MR) is 116 cm³/mol. The second kappa shape index (κ2) is 7.08. The molecule has 1 aromatic heterocycles. The molecule has 140 valence electrons. The summed E-state index contributed by atoms with van der Waals surface area (Å²) in [5, 5.41) is 5.56. The van der Waals surface area contributed by atoms with Crippen LogP contribution in [0.25, 0.3) is 33.3 Å². The van der Waals surface area contributed by atoms with Gasteiger partial charge >= 0.3 is 0 Å². The van der Waals surface area contributed by atoms with Crippen molar-refractivity contribution < 1.29 is 9.21 Å². The van der Waals surface area contributed by atoms with Crippen LogP contribution in [-0.2, 0) is 0 Å². The first-order valence-corrected chi connectivity index (χ1v) is 9.51. The minimum Gasteiger partial charge on any atom is -0.436 e. The fraction of sp³-hybridized carbons (Fsp3) is 0. The van der Waals surface area contributed by atoms with E-state index >= 15 is 0 Å². The van der Waals surface area contributed by atoms with Crippen molar-refractivity contribution in [2.45, 2.75) is 0 Å². The van der Waals surface area contributed by atoms with Gasteiger partial charge in [0.25, 0.3) is 5.91 Å². The lowest BCUT2D eigenvalue weighted by molar-refractivity contribution is 0.102. The Hall–Kier alpha value is -3.63. The number of fused-ring (bicyclic) bond motifs is 2. The molecule has 0 aliphatic rings. The van der Waals surface area contributed by atoms with E-state index in [0.717, 1.165) is 16.3 Å². The van der Waals surface area contributed by atoms with Gasteiger partial charge in [0.2, 0.25) is 5.89 Å². The first-order chi connectivity index (χ1) is 14.2. The van der Waals surface area contributed by atoms with Gasteiger partial charge in [0.05, 0.1) is 0 Å². The summed E-state index contributed by atoms with van der Waals surface area (Å²) < 4.78 is 5.83. The summed E-state index contributed by atoms with van der Waals surface area (Å²) in [7, 11) is 0. The summed E-state index contributed by atoms with van der Waals surface area (Å²) >= 11 is 5.94. The Morgan fingerprint density at radius 3 is 2.55 bits per heavy atom. The fourth-order valence-corrected chi connectivity index (χ4v) is 3.47. The number of aromatic nitrogens is 1. The molecular formula is C24H15ClN2O2. The highest BCUT2D eigenvalue weighted by atomic mass is 35.5. The van der Waals surface area contributed by atoms with E-state index in [1.807, 2.05) is 60.7 Å². The molecule has 1 heterocycles. The van der Waals surface area contributed by atoms with E-state index in [0.29, 0.717) is 33.3 Å². The summed E-state index contributed by atoms with van der Waals surface area (Å²) in [5.74, 6) is 0.344. The maximum atomic E-state index is 12.9. The van der Waals surface area contributed by atoms with Gasteiger partial charge in [-0.25, -0.2) is 4.98 Å². The lowest BCUT2D eigenvalue weighted by atomic mass is 10.0. The van der Waals surface area contributed by atoms with Gasteiger partial charge in [-0.15, -0.1) is 0 Å². The van der Waals surface area contributed by atoms with Gasteiger partial charge in [0.1, 0.15) is 5.52 Å². The molecule has 4 aromatic carbocycles. The number of hydrogen-bond donors (Lipinski definition) is 1. The van der Waals surface area contributed by atoms with Crippen LogP contribution in [0.2, 0.25) is 5.02 Å². The fourth-order valence-electron chi connectivity index (χ4n) is 3.34. The highest BCUT2D eigenvalue weighted by Gasteiger charge is 2.12. The number of benzene rings is 4. The minimum atomic E-state index is -0.164. The molecule has 5 rings (SSSR count). The van der Waals surface area contributed by atoms with Gasteiger partial charge in [-0.2, -0.15) is 0 Å². The highest BCUT2D eigenvalue weighted by molar-refractivity contribution is 6.30. The van der Waals surface area contributed by atoms with Crippen molar-refractivity contribution in [3.05, 3.63) is 95.5 Å². The summed E-state index contributed by atoms with van der Waals surface area (Å²) in [6, 6.07) is 26.3. The molecule has 1 N–H and O–H groups in total. The van der Waals surface area contributed by atoms with Crippen LogP contribution < -0.4 is 5.32 Å². The molecule has 29 heavy (non-hydrogen) atoms. The van der Waals surface area contributed by atoms with Crippen LogP contribution in [0.4, 0.5) is 5.69 Å². The van der Waals surface area contributed by atoms with E-state index in [4.69, 9.17) is 16.0 Å². The van der Waals surface area contributed by atoms with Crippen molar-refractivity contribution in [3.8, 4) is 11.5 Å². The van der Waals surface area contributed by atoms with Crippen LogP contribution >= 0.6 is 11.6 Å². The van der Waals surface area contributed by atoms with Gasteiger partial charge in [-0.1, -0.05) is 48.0 Å². The SMILES string of the molecule is O=C(Nc1ccc2oc(-c3ccc(Cl)cc3)nc2c1)c1cccc2ccccc12. The molecule has 0 spiro atoms. The Kier molecular flexibility index (Phi) is 4.26. The number of carbonyl (C=O) groups is 1. The van der Waals surface area contributed by atoms with Crippen molar-refractivity contribution in [1.82, 2.24) is 4.98 Å². The molecule has 0 radical (unpaired) electrons. The Labute approximate surface area is 171 Å². The number of amides is 1. The molecule has 0 fully saturated rings. The van der Waals surface area contributed by atoms with Crippen molar-refractivity contribution in [3.63, 3.8) is 0 Å². The molecule has 0 aliphatic heterocycles. The normalized spacial score (nSPS) is 11.1. The third kappa shape index (κ3) is 3.35. The Bertz CT molecular complexity index is 1350. The van der Waals surface area contributed by atoms with Crippen LogP contribution in [-0.4, -0.2) is 10.9 Å². The summed E-state index contributed by atoms with van der Waals surface area (Å²) in [5.41, 5.74) is 3.45. The average molecular weight is 399 g/mol. The molecule has 0 saturated carbocycles. The third-order valence-corrected chi connectivity index (χ3v) is 5.02. The molecule has 0 atom stereocenters. The summed E-state index contributed by atoms with van der Waals surface area (Å²) in [6.07, 6.45) is 0. The number of carbonyl (C=O) groups excluding carboxylic acids is 1. The average Bonchev–Trinajstić information content (AvgIpc) is 3.17. The topological polar surface area (TPSA) is 55.1 Å². The molecule has 1 amide bonds. The lowest BCUT2D eigenvalue weighted by Gasteiger charge is -2.08. The number of anilines is 1. The van der Waals surface area contributed by atoms with Crippen molar-refractivity contribution in [1.29, 1.82) is 0 Å². The number of hydrogen-bond acceptors (Lipinski definition) is 3. The Balaban J connectivity index is 1.46. The molecule has 5 heteroatoms. The Morgan fingerprint density at radius 1 is 0.897 bits per heavy atom. The molecule has 0 aliphatic carbocycles. The van der Waals surface area contributed by atoms with Gasteiger partial charge < -0.3 is 9.73 Å². The first-order valence-electron chi connectivity index (χ1n) is 9.13. The highest BCUT2D eigenvalue weighted by Crippen LogP contribution is 2.27. The smallest absolute Gasteiger partial charge is 0.256 e. The van der Waals surface area contributed by atoms with E-state index < -0.39 is 0 Å². The maximum absolute atomic E-state index is 12.9. The molecular weight excluding hydrogens is 384 g/mol. The molecule has 5 aromatic rings. The number of nitrogens with one attached hydrogen (secondary N) is 1. The van der Waals surface area contributed by atoms with Crippen molar-refractivity contribution >= 4 is 45.1 Å². The molecule has 0 saturated heterocycles. The van der Waals surface area contributed by atoms with Gasteiger partial charge in [0, 0.05) is 21.8 Å². The second-order valence-electron chi connectivity index (χ2n) is 6.69. The maximum Gasteiger partial charge on any atom is 0.256 e. The van der Waals surface area contributed by atoms with Gasteiger partial charge in [-0.05, 0) is 59.3 Å². The zero-order valence-electron chi connectivity index (χ0n) is 15.2. The monoisotopic (exact) mass is 398 g/mol. The lowest BCUT2D eigenvalue weighted by Crippen LogP contribution is -2.12. The van der Waals surface area contributed by atoms with Crippen LogP contribution in [0.15, 0.2) is 89.3 Å². The van der Waals surface area contributed by atoms with Crippen LogP contribution in [0.1, 0.15) is 10.4 Å².